The van der Waals surface area contributed by atoms with Crippen molar-refractivity contribution < 1.29 is 4.74 Å². The molecule has 0 aliphatic heterocycles. The highest BCUT2D eigenvalue weighted by atomic mass is 32.1. The molecule has 1 saturated carbocycles. The van der Waals surface area contributed by atoms with Crippen LogP contribution in [-0.2, 0) is 11.3 Å². The summed E-state index contributed by atoms with van der Waals surface area (Å²) in [5.74, 6) is 1.49. The predicted octanol–water partition coefficient (Wildman–Crippen LogP) is 3.67. The third-order valence-corrected chi connectivity index (χ3v) is 4.68. The van der Waals surface area contributed by atoms with Gasteiger partial charge in [0.05, 0.1) is 17.2 Å². The van der Waals surface area contributed by atoms with Gasteiger partial charge in [-0.1, -0.05) is 0 Å². The molecule has 1 aliphatic carbocycles. The molecule has 1 fully saturated rings. The lowest BCUT2D eigenvalue weighted by molar-refractivity contribution is 0.184. The Kier molecular flexibility index (Phi) is 3.74. The van der Waals surface area contributed by atoms with E-state index in [0.717, 1.165) is 21.4 Å². The van der Waals surface area contributed by atoms with Crippen molar-refractivity contribution in [1.82, 2.24) is 19.7 Å². The van der Waals surface area contributed by atoms with Gasteiger partial charge < -0.3 is 4.74 Å². The average Bonchev–Trinajstić information content (AvgIpc) is 3.04. The Hall–Kier alpha value is -1.05. The topological polar surface area (TPSA) is 55.7 Å². The van der Waals surface area contributed by atoms with Gasteiger partial charge in [0.2, 0.25) is 0 Å². The van der Waals surface area contributed by atoms with E-state index in [1.165, 1.54) is 12.8 Å². The van der Waals surface area contributed by atoms with Gasteiger partial charge in [-0.15, -0.1) is 11.3 Å². The molecule has 2 aromatic rings. The number of hydrogen-bond acceptors (Lipinski definition) is 5. The number of nitrogens with one attached hydrogen (secondary N) is 1. The summed E-state index contributed by atoms with van der Waals surface area (Å²) in [5, 5.41) is 8.34. The molecule has 0 amide bonds. The van der Waals surface area contributed by atoms with Gasteiger partial charge in [-0.25, -0.2) is 4.98 Å². The summed E-state index contributed by atoms with van der Waals surface area (Å²) in [6.07, 6.45) is 2.44. The number of aromatic amines is 1. The third kappa shape index (κ3) is 2.45. The summed E-state index contributed by atoms with van der Waals surface area (Å²) in [5.41, 5.74) is 1.16. The first-order chi connectivity index (χ1) is 9.61. The molecule has 20 heavy (non-hydrogen) atoms. The number of thiazole rings is 1. The van der Waals surface area contributed by atoms with Gasteiger partial charge in [-0.3, -0.25) is 9.67 Å². The SMILES string of the molecule is COCc1nc(C2CC2)c(-c2n[nH]c(=S)n2C(C)C)s1. The van der Waals surface area contributed by atoms with E-state index in [4.69, 9.17) is 21.9 Å². The Bertz CT molecular complexity index is 666. The van der Waals surface area contributed by atoms with Crippen LogP contribution in [0.1, 0.15) is 49.4 Å². The number of hydrogen-bond donors (Lipinski definition) is 1. The first-order valence-corrected chi connectivity index (χ1v) is 8.00. The fourth-order valence-corrected chi connectivity index (χ4v) is 3.75. The summed E-state index contributed by atoms with van der Waals surface area (Å²) in [6, 6.07) is 0.274. The van der Waals surface area contributed by atoms with E-state index < -0.39 is 0 Å². The Morgan fingerprint density at radius 2 is 2.25 bits per heavy atom. The molecule has 0 atom stereocenters. The van der Waals surface area contributed by atoms with Crippen molar-refractivity contribution >= 4 is 23.6 Å². The number of aromatic nitrogens is 4. The van der Waals surface area contributed by atoms with E-state index in [0.29, 0.717) is 17.3 Å². The Balaban J connectivity index is 2.11. The highest BCUT2D eigenvalue weighted by Gasteiger charge is 2.32. The minimum absolute atomic E-state index is 0.274. The van der Waals surface area contributed by atoms with Crippen LogP contribution in [0.4, 0.5) is 0 Å². The Labute approximate surface area is 127 Å². The van der Waals surface area contributed by atoms with Crippen LogP contribution in [0.25, 0.3) is 10.7 Å². The lowest BCUT2D eigenvalue weighted by Crippen LogP contribution is -2.03. The second kappa shape index (κ2) is 5.38. The van der Waals surface area contributed by atoms with Crippen LogP contribution in [0.5, 0.6) is 0 Å². The molecular weight excluding hydrogens is 292 g/mol. The molecule has 5 nitrogen and oxygen atoms in total. The number of H-pyrrole nitrogens is 1. The van der Waals surface area contributed by atoms with Crippen molar-refractivity contribution in [3.05, 3.63) is 15.5 Å². The summed E-state index contributed by atoms with van der Waals surface area (Å²) in [4.78, 5) is 5.88. The van der Waals surface area contributed by atoms with Gasteiger partial charge in [0, 0.05) is 19.1 Å². The molecular formula is C13H18N4OS2. The fraction of sp³-hybridized carbons (Fsp3) is 0.615. The van der Waals surface area contributed by atoms with Crippen LogP contribution < -0.4 is 0 Å². The van der Waals surface area contributed by atoms with Crippen molar-refractivity contribution in [1.29, 1.82) is 0 Å². The second-order valence-corrected chi connectivity index (χ2v) is 6.82. The number of ether oxygens (including phenoxy) is 1. The minimum atomic E-state index is 0.274. The predicted molar refractivity (Wildman–Crippen MR) is 81.6 cm³/mol. The molecule has 1 aliphatic rings. The van der Waals surface area contributed by atoms with E-state index in [1.54, 1.807) is 18.4 Å². The van der Waals surface area contributed by atoms with Gasteiger partial charge in [0.15, 0.2) is 10.6 Å². The van der Waals surface area contributed by atoms with Gasteiger partial charge in [0.25, 0.3) is 0 Å². The number of rotatable bonds is 5. The van der Waals surface area contributed by atoms with E-state index >= 15 is 0 Å². The molecule has 0 unspecified atom stereocenters. The van der Waals surface area contributed by atoms with Crippen molar-refractivity contribution in [3.8, 4) is 10.7 Å². The van der Waals surface area contributed by atoms with Crippen LogP contribution in [0, 0.1) is 4.77 Å². The lowest BCUT2D eigenvalue weighted by atomic mass is 10.2. The van der Waals surface area contributed by atoms with Gasteiger partial charge >= 0.3 is 0 Å². The number of nitrogens with zero attached hydrogens (tertiary/aromatic N) is 3. The maximum atomic E-state index is 5.34. The van der Waals surface area contributed by atoms with E-state index in [2.05, 4.69) is 28.6 Å². The zero-order valence-corrected chi connectivity index (χ0v) is 13.5. The molecule has 1 N–H and O–H groups in total. The average molecular weight is 310 g/mol. The quantitative estimate of drug-likeness (QED) is 0.856. The smallest absolute Gasteiger partial charge is 0.195 e. The van der Waals surface area contributed by atoms with Gasteiger partial charge in [-0.2, -0.15) is 5.10 Å². The second-order valence-electron chi connectivity index (χ2n) is 5.35. The molecule has 2 heterocycles. The van der Waals surface area contributed by atoms with Crippen molar-refractivity contribution in [2.75, 3.05) is 7.11 Å². The molecule has 0 radical (unpaired) electrons. The largest absolute Gasteiger partial charge is 0.378 e. The first kappa shape index (κ1) is 13.9. The molecule has 0 spiro atoms. The van der Waals surface area contributed by atoms with Crippen molar-refractivity contribution in [3.63, 3.8) is 0 Å². The zero-order chi connectivity index (χ0) is 14.3. The van der Waals surface area contributed by atoms with Crippen LogP contribution in [-0.4, -0.2) is 26.9 Å². The highest BCUT2D eigenvalue weighted by molar-refractivity contribution is 7.71. The van der Waals surface area contributed by atoms with Crippen LogP contribution >= 0.6 is 23.6 Å². The highest BCUT2D eigenvalue weighted by Crippen LogP contribution is 2.46. The van der Waals surface area contributed by atoms with Crippen molar-refractivity contribution in [2.45, 2.75) is 45.3 Å². The third-order valence-electron chi connectivity index (χ3n) is 3.35. The number of methoxy groups -OCH3 is 1. The Morgan fingerprint density at radius 3 is 2.85 bits per heavy atom. The molecule has 108 valence electrons. The van der Waals surface area contributed by atoms with E-state index in [1.807, 2.05) is 0 Å². The molecule has 0 saturated heterocycles. The maximum absolute atomic E-state index is 5.34. The Morgan fingerprint density at radius 1 is 1.50 bits per heavy atom. The van der Waals surface area contributed by atoms with E-state index in [9.17, 15) is 0 Å². The standard InChI is InChI=1S/C13H18N4OS2/c1-7(2)17-12(15-16-13(17)19)11-10(8-4-5-8)14-9(20-11)6-18-3/h7-8H,4-6H2,1-3H3,(H,16,19). The molecule has 7 heteroatoms. The van der Waals surface area contributed by atoms with E-state index in [-0.39, 0.29) is 6.04 Å². The fourth-order valence-electron chi connectivity index (χ4n) is 2.30. The van der Waals surface area contributed by atoms with Crippen molar-refractivity contribution in [2.24, 2.45) is 0 Å². The van der Waals surface area contributed by atoms with Crippen LogP contribution in [0.2, 0.25) is 0 Å². The molecule has 0 bridgehead atoms. The summed E-state index contributed by atoms with van der Waals surface area (Å²) in [6.45, 7) is 4.78. The maximum Gasteiger partial charge on any atom is 0.195 e. The summed E-state index contributed by atoms with van der Waals surface area (Å²) >= 11 is 7.00. The normalized spacial score (nSPS) is 15.2. The summed E-state index contributed by atoms with van der Waals surface area (Å²) < 4.78 is 7.93. The molecule has 2 aromatic heterocycles. The van der Waals surface area contributed by atoms with Gasteiger partial charge in [0.1, 0.15) is 5.01 Å². The van der Waals surface area contributed by atoms with Crippen LogP contribution in [0.15, 0.2) is 0 Å². The minimum Gasteiger partial charge on any atom is -0.378 e. The van der Waals surface area contributed by atoms with Crippen LogP contribution in [0.3, 0.4) is 0 Å². The van der Waals surface area contributed by atoms with Gasteiger partial charge in [-0.05, 0) is 38.9 Å². The monoisotopic (exact) mass is 310 g/mol. The summed E-state index contributed by atoms with van der Waals surface area (Å²) in [7, 11) is 1.70. The molecule has 0 aromatic carbocycles. The molecule has 3 rings (SSSR count). The lowest BCUT2D eigenvalue weighted by Gasteiger charge is -2.09. The first-order valence-electron chi connectivity index (χ1n) is 6.77. The zero-order valence-electron chi connectivity index (χ0n) is 11.8.